The van der Waals surface area contributed by atoms with Crippen LogP contribution in [0.2, 0.25) is 0 Å². The molecule has 0 aliphatic rings. The first-order valence-corrected chi connectivity index (χ1v) is 6.82. The van der Waals surface area contributed by atoms with E-state index in [0.29, 0.717) is 6.54 Å². The predicted molar refractivity (Wildman–Crippen MR) is 83.2 cm³/mol. The second-order valence-corrected chi connectivity index (χ2v) is 6.20. The van der Waals surface area contributed by atoms with Crippen molar-refractivity contribution in [1.29, 1.82) is 0 Å². The van der Waals surface area contributed by atoms with Crippen LogP contribution in [-0.2, 0) is 12.0 Å². The molecule has 0 aliphatic carbocycles. The molecule has 19 heavy (non-hydrogen) atoms. The monoisotopic (exact) mass is 253 g/mol. The molecule has 0 saturated heterocycles. The molecular weight excluding hydrogens is 230 g/mol. The van der Waals surface area contributed by atoms with E-state index in [1.54, 1.807) is 0 Å². The molecule has 0 heterocycles. The van der Waals surface area contributed by atoms with Gasteiger partial charge < -0.3 is 5.73 Å². The van der Waals surface area contributed by atoms with Crippen molar-refractivity contribution < 1.29 is 0 Å². The summed E-state index contributed by atoms with van der Waals surface area (Å²) in [4.78, 5) is 0. The lowest BCUT2D eigenvalue weighted by atomic mass is 9.81. The molecule has 0 unspecified atom stereocenters. The maximum atomic E-state index is 5.66. The third-order valence-electron chi connectivity index (χ3n) is 3.48. The van der Waals surface area contributed by atoms with Crippen LogP contribution >= 0.6 is 0 Å². The van der Waals surface area contributed by atoms with Gasteiger partial charge in [0.2, 0.25) is 0 Å². The number of hydrogen-bond donors (Lipinski definition) is 1. The van der Waals surface area contributed by atoms with E-state index in [0.717, 1.165) is 0 Å². The van der Waals surface area contributed by atoms with Gasteiger partial charge in [0, 0.05) is 6.54 Å². The minimum Gasteiger partial charge on any atom is -0.326 e. The second-order valence-electron chi connectivity index (χ2n) is 6.20. The highest BCUT2D eigenvalue weighted by Crippen LogP contribution is 2.33. The zero-order chi connectivity index (χ0) is 14.0. The molecule has 2 rings (SSSR count). The highest BCUT2D eigenvalue weighted by Gasteiger charge is 2.18. The Kier molecular flexibility index (Phi) is 3.77. The number of nitrogens with two attached hydrogens (primary N) is 1. The fourth-order valence-corrected chi connectivity index (χ4v) is 2.37. The standard InChI is InChI=1S/C18H23N/c1-13-5-10-17(18(2,3)4)16(11-13)15-8-6-14(12-19)7-9-15/h5-11H,12,19H2,1-4H3. The van der Waals surface area contributed by atoms with Gasteiger partial charge in [0.05, 0.1) is 0 Å². The van der Waals surface area contributed by atoms with Crippen LogP contribution in [0.4, 0.5) is 0 Å². The lowest BCUT2D eigenvalue weighted by Gasteiger charge is -2.23. The first-order chi connectivity index (χ1) is 8.91. The summed E-state index contributed by atoms with van der Waals surface area (Å²) in [7, 11) is 0. The van der Waals surface area contributed by atoms with Crippen LogP contribution < -0.4 is 5.73 Å². The molecule has 0 amide bonds. The van der Waals surface area contributed by atoms with Crippen molar-refractivity contribution in [2.24, 2.45) is 5.73 Å². The molecule has 0 aromatic heterocycles. The minimum absolute atomic E-state index is 0.148. The SMILES string of the molecule is Cc1ccc(C(C)(C)C)c(-c2ccc(CN)cc2)c1. The molecule has 100 valence electrons. The third kappa shape index (κ3) is 3.05. The molecule has 0 bridgehead atoms. The molecule has 0 fully saturated rings. The topological polar surface area (TPSA) is 26.0 Å². The van der Waals surface area contributed by atoms with Gasteiger partial charge in [0.15, 0.2) is 0 Å². The van der Waals surface area contributed by atoms with E-state index in [-0.39, 0.29) is 5.41 Å². The van der Waals surface area contributed by atoms with Gasteiger partial charge in [0.25, 0.3) is 0 Å². The Hall–Kier alpha value is -1.60. The van der Waals surface area contributed by atoms with Gasteiger partial charge in [-0.1, -0.05) is 68.8 Å². The van der Waals surface area contributed by atoms with E-state index in [1.165, 1.54) is 27.8 Å². The highest BCUT2D eigenvalue weighted by atomic mass is 14.5. The van der Waals surface area contributed by atoms with Gasteiger partial charge in [-0.2, -0.15) is 0 Å². The fraction of sp³-hybridized carbons (Fsp3) is 0.333. The van der Waals surface area contributed by atoms with Gasteiger partial charge in [-0.15, -0.1) is 0 Å². The fourth-order valence-electron chi connectivity index (χ4n) is 2.37. The van der Waals surface area contributed by atoms with Crippen LogP contribution in [0.3, 0.4) is 0 Å². The highest BCUT2D eigenvalue weighted by molar-refractivity contribution is 5.69. The number of benzene rings is 2. The Morgan fingerprint density at radius 3 is 2.11 bits per heavy atom. The quantitative estimate of drug-likeness (QED) is 0.842. The van der Waals surface area contributed by atoms with Crippen LogP contribution in [0.5, 0.6) is 0 Å². The van der Waals surface area contributed by atoms with Crippen molar-refractivity contribution in [3.8, 4) is 11.1 Å². The number of aryl methyl sites for hydroxylation is 1. The van der Waals surface area contributed by atoms with Crippen LogP contribution in [-0.4, -0.2) is 0 Å². The Morgan fingerprint density at radius 1 is 0.947 bits per heavy atom. The lowest BCUT2D eigenvalue weighted by molar-refractivity contribution is 0.592. The van der Waals surface area contributed by atoms with Crippen molar-refractivity contribution in [1.82, 2.24) is 0 Å². The van der Waals surface area contributed by atoms with Crippen molar-refractivity contribution in [2.75, 3.05) is 0 Å². The van der Waals surface area contributed by atoms with Crippen LogP contribution in [0, 0.1) is 6.92 Å². The zero-order valence-electron chi connectivity index (χ0n) is 12.3. The second kappa shape index (κ2) is 5.18. The van der Waals surface area contributed by atoms with Gasteiger partial charge in [0.1, 0.15) is 0 Å². The smallest absolute Gasteiger partial charge is 0.0178 e. The van der Waals surface area contributed by atoms with E-state index >= 15 is 0 Å². The molecule has 2 aromatic rings. The summed E-state index contributed by atoms with van der Waals surface area (Å²) in [6.45, 7) is 9.52. The lowest BCUT2D eigenvalue weighted by Crippen LogP contribution is -2.12. The largest absolute Gasteiger partial charge is 0.326 e. The van der Waals surface area contributed by atoms with Crippen molar-refractivity contribution in [3.05, 3.63) is 59.2 Å². The van der Waals surface area contributed by atoms with Gasteiger partial charge in [-0.05, 0) is 34.6 Å². The Bertz CT molecular complexity index is 559. The number of rotatable bonds is 2. The Morgan fingerprint density at radius 2 is 1.58 bits per heavy atom. The first kappa shape index (κ1) is 13.8. The molecule has 0 saturated carbocycles. The molecule has 2 N–H and O–H groups in total. The molecule has 1 heteroatoms. The van der Waals surface area contributed by atoms with Gasteiger partial charge in [-0.25, -0.2) is 0 Å². The van der Waals surface area contributed by atoms with Crippen LogP contribution in [0.1, 0.15) is 37.5 Å². The molecular formula is C18H23N. The van der Waals surface area contributed by atoms with E-state index in [4.69, 9.17) is 5.73 Å². The molecule has 0 radical (unpaired) electrons. The van der Waals surface area contributed by atoms with Crippen molar-refractivity contribution >= 4 is 0 Å². The van der Waals surface area contributed by atoms with E-state index in [1.807, 2.05) is 0 Å². The predicted octanol–water partition coefficient (Wildman–Crippen LogP) is 4.42. The molecule has 1 nitrogen and oxygen atoms in total. The first-order valence-electron chi connectivity index (χ1n) is 6.82. The number of hydrogen-bond acceptors (Lipinski definition) is 1. The van der Waals surface area contributed by atoms with Gasteiger partial charge in [-0.3, -0.25) is 0 Å². The maximum absolute atomic E-state index is 5.66. The summed E-state index contributed by atoms with van der Waals surface area (Å²) in [5.74, 6) is 0. The Labute approximate surface area is 116 Å². The van der Waals surface area contributed by atoms with E-state index in [9.17, 15) is 0 Å². The summed E-state index contributed by atoms with van der Waals surface area (Å²) >= 11 is 0. The average molecular weight is 253 g/mol. The van der Waals surface area contributed by atoms with Crippen molar-refractivity contribution in [2.45, 2.75) is 39.7 Å². The zero-order valence-corrected chi connectivity index (χ0v) is 12.3. The molecule has 0 atom stereocenters. The summed E-state index contributed by atoms with van der Waals surface area (Å²) in [5.41, 5.74) is 12.3. The summed E-state index contributed by atoms with van der Waals surface area (Å²) in [5, 5.41) is 0. The summed E-state index contributed by atoms with van der Waals surface area (Å²) in [6, 6.07) is 15.3. The molecule has 2 aromatic carbocycles. The molecule has 0 aliphatic heterocycles. The normalized spacial score (nSPS) is 11.6. The molecule has 0 spiro atoms. The Balaban J connectivity index is 2.56. The minimum atomic E-state index is 0.148. The van der Waals surface area contributed by atoms with Gasteiger partial charge >= 0.3 is 0 Å². The van der Waals surface area contributed by atoms with E-state index < -0.39 is 0 Å². The summed E-state index contributed by atoms with van der Waals surface area (Å²) < 4.78 is 0. The van der Waals surface area contributed by atoms with Crippen LogP contribution in [0.25, 0.3) is 11.1 Å². The third-order valence-corrected chi connectivity index (χ3v) is 3.48. The average Bonchev–Trinajstić information content (AvgIpc) is 2.37. The van der Waals surface area contributed by atoms with Crippen molar-refractivity contribution in [3.63, 3.8) is 0 Å². The van der Waals surface area contributed by atoms with E-state index in [2.05, 4.69) is 70.2 Å². The maximum Gasteiger partial charge on any atom is 0.0178 e. The van der Waals surface area contributed by atoms with Crippen LogP contribution in [0.15, 0.2) is 42.5 Å². The summed E-state index contributed by atoms with van der Waals surface area (Å²) in [6.07, 6.45) is 0.